The number of rotatable bonds is 1. The van der Waals surface area contributed by atoms with Crippen LogP contribution in [-0.4, -0.2) is 38.8 Å². The van der Waals surface area contributed by atoms with Gasteiger partial charge < -0.3 is 9.88 Å². The number of likely N-dealkylation sites (tertiary alicyclic amines) is 1. The molecule has 2 atom stereocenters. The maximum atomic E-state index is 12.6. The molecule has 3 heterocycles. The molecule has 23 heavy (non-hydrogen) atoms. The van der Waals surface area contributed by atoms with Crippen LogP contribution in [0.2, 0.25) is 0 Å². The molecular formula is C17H18N4O2. The summed E-state index contributed by atoms with van der Waals surface area (Å²) < 4.78 is 0. The lowest BCUT2D eigenvalue weighted by Crippen LogP contribution is -2.29. The van der Waals surface area contributed by atoms with Crippen molar-refractivity contribution < 1.29 is 4.79 Å². The van der Waals surface area contributed by atoms with Crippen LogP contribution in [0.1, 0.15) is 39.8 Å². The van der Waals surface area contributed by atoms with Gasteiger partial charge in [0.25, 0.3) is 11.5 Å². The molecule has 2 aromatic heterocycles. The van der Waals surface area contributed by atoms with Crippen molar-refractivity contribution in [3.63, 3.8) is 0 Å². The van der Waals surface area contributed by atoms with Gasteiger partial charge in [-0.15, -0.1) is 0 Å². The topological polar surface area (TPSA) is 79.0 Å². The summed E-state index contributed by atoms with van der Waals surface area (Å²) in [5, 5.41) is 0. The van der Waals surface area contributed by atoms with Gasteiger partial charge in [-0.05, 0) is 37.8 Å². The Morgan fingerprint density at radius 1 is 1.39 bits per heavy atom. The number of amides is 1. The third kappa shape index (κ3) is 2.34. The van der Waals surface area contributed by atoms with Crippen molar-refractivity contribution in [1.82, 2.24) is 19.9 Å². The lowest BCUT2D eigenvalue weighted by molar-refractivity contribution is 0.0785. The maximum absolute atomic E-state index is 12.6. The highest BCUT2D eigenvalue weighted by molar-refractivity contribution is 5.94. The van der Waals surface area contributed by atoms with Gasteiger partial charge in [0.05, 0.1) is 11.3 Å². The predicted octanol–water partition coefficient (Wildman–Crippen LogP) is 1.28. The standard InChI is InChI=1S/C17H18N4O2/c1-10-19-15-13(16(22)20-10)5-4-12-8-21(9-14(12)15)17(23)11-3-2-6-18-7-11/h2-3,6-7,12,14H,4-5,8-9H2,1H3,(H,19,20,22)/t12-,14+/m1/s1. The molecule has 1 saturated heterocycles. The largest absolute Gasteiger partial charge is 0.338 e. The number of carbonyl (C=O) groups excluding carboxylic acids is 1. The Labute approximate surface area is 133 Å². The third-order valence-corrected chi connectivity index (χ3v) is 4.92. The van der Waals surface area contributed by atoms with Crippen LogP contribution in [0.5, 0.6) is 0 Å². The second-order valence-electron chi connectivity index (χ2n) is 6.37. The fourth-order valence-corrected chi connectivity index (χ4v) is 3.82. The van der Waals surface area contributed by atoms with Crippen molar-refractivity contribution >= 4 is 5.91 Å². The molecule has 0 unspecified atom stereocenters. The number of hydrogen-bond donors (Lipinski definition) is 1. The van der Waals surface area contributed by atoms with Gasteiger partial charge in [0.2, 0.25) is 0 Å². The molecule has 0 saturated carbocycles. The molecule has 4 rings (SSSR count). The number of aryl methyl sites for hydroxylation is 1. The minimum atomic E-state index is -0.0250. The van der Waals surface area contributed by atoms with Crippen LogP contribution in [0.15, 0.2) is 29.3 Å². The summed E-state index contributed by atoms with van der Waals surface area (Å²) in [6.45, 7) is 3.16. The Morgan fingerprint density at radius 2 is 2.26 bits per heavy atom. The van der Waals surface area contributed by atoms with Gasteiger partial charge in [0, 0.05) is 37.0 Å². The first-order valence-electron chi connectivity index (χ1n) is 7.92. The summed E-state index contributed by atoms with van der Waals surface area (Å²) in [7, 11) is 0. The van der Waals surface area contributed by atoms with Gasteiger partial charge in [-0.3, -0.25) is 14.6 Å². The summed E-state index contributed by atoms with van der Waals surface area (Å²) in [6, 6.07) is 3.56. The quantitative estimate of drug-likeness (QED) is 0.860. The summed E-state index contributed by atoms with van der Waals surface area (Å²) in [4.78, 5) is 38.0. The molecule has 0 spiro atoms. The van der Waals surface area contributed by atoms with E-state index in [1.54, 1.807) is 31.5 Å². The van der Waals surface area contributed by atoms with Crippen LogP contribution >= 0.6 is 0 Å². The number of pyridine rings is 1. The van der Waals surface area contributed by atoms with Gasteiger partial charge in [0.1, 0.15) is 5.82 Å². The lowest BCUT2D eigenvalue weighted by atomic mass is 9.80. The van der Waals surface area contributed by atoms with Crippen molar-refractivity contribution in [1.29, 1.82) is 0 Å². The van der Waals surface area contributed by atoms with Gasteiger partial charge in [-0.25, -0.2) is 4.98 Å². The van der Waals surface area contributed by atoms with E-state index in [1.807, 2.05) is 4.90 Å². The van der Waals surface area contributed by atoms with E-state index < -0.39 is 0 Å². The van der Waals surface area contributed by atoms with Gasteiger partial charge in [-0.2, -0.15) is 0 Å². The second kappa shape index (κ2) is 5.30. The fourth-order valence-electron chi connectivity index (χ4n) is 3.82. The molecule has 6 heteroatoms. The first-order valence-corrected chi connectivity index (χ1v) is 7.92. The molecule has 6 nitrogen and oxygen atoms in total. The van der Waals surface area contributed by atoms with Crippen molar-refractivity contribution in [3.8, 4) is 0 Å². The van der Waals surface area contributed by atoms with E-state index in [9.17, 15) is 9.59 Å². The molecule has 0 radical (unpaired) electrons. The summed E-state index contributed by atoms with van der Waals surface area (Å²) in [6.07, 6.45) is 4.94. The molecular weight excluding hydrogens is 292 g/mol. The van der Waals surface area contributed by atoms with E-state index in [4.69, 9.17) is 0 Å². The van der Waals surface area contributed by atoms with Crippen LogP contribution < -0.4 is 5.56 Å². The minimum Gasteiger partial charge on any atom is -0.338 e. The number of nitrogens with zero attached hydrogens (tertiary/aromatic N) is 3. The minimum absolute atomic E-state index is 0.00983. The molecule has 1 amide bonds. The number of carbonyl (C=O) groups is 1. The van der Waals surface area contributed by atoms with E-state index in [2.05, 4.69) is 15.0 Å². The Hall–Kier alpha value is -2.50. The molecule has 1 aliphatic heterocycles. The van der Waals surface area contributed by atoms with Gasteiger partial charge in [-0.1, -0.05) is 0 Å². The van der Waals surface area contributed by atoms with Gasteiger partial charge in [0.15, 0.2) is 0 Å². The first kappa shape index (κ1) is 14.1. The van der Waals surface area contributed by atoms with Crippen LogP contribution in [-0.2, 0) is 6.42 Å². The number of nitrogens with one attached hydrogen (secondary N) is 1. The Bertz CT molecular complexity index is 815. The smallest absolute Gasteiger partial charge is 0.255 e. The molecule has 1 aliphatic carbocycles. The van der Waals surface area contributed by atoms with Crippen molar-refractivity contribution in [2.75, 3.05) is 13.1 Å². The van der Waals surface area contributed by atoms with Crippen LogP contribution in [0.25, 0.3) is 0 Å². The zero-order chi connectivity index (χ0) is 16.0. The third-order valence-electron chi connectivity index (χ3n) is 4.92. The maximum Gasteiger partial charge on any atom is 0.255 e. The molecule has 1 N–H and O–H groups in total. The SMILES string of the molecule is Cc1nc2c(c(=O)[nH]1)CC[C@@H]1CN(C(=O)c3cccnc3)C[C@H]21. The molecule has 0 bridgehead atoms. The first-order chi connectivity index (χ1) is 11.1. The summed E-state index contributed by atoms with van der Waals surface area (Å²) >= 11 is 0. The summed E-state index contributed by atoms with van der Waals surface area (Å²) in [5.74, 6) is 1.21. The summed E-state index contributed by atoms with van der Waals surface area (Å²) in [5.41, 5.74) is 2.28. The highest BCUT2D eigenvalue weighted by Crippen LogP contribution is 2.39. The molecule has 2 aliphatic rings. The van der Waals surface area contributed by atoms with Crippen LogP contribution in [0, 0.1) is 12.8 Å². The number of H-pyrrole nitrogens is 1. The van der Waals surface area contributed by atoms with Crippen molar-refractivity contribution in [2.45, 2.75) is 25.7 Å². The highest BCUT2D eigenvalue weighted by atomic mass is 16.2. The van der Waals surface area contributed by atoms with E-state index in [0.717, 1.165) is 30.6 Å². The molecule has 0 aromatic carbocycles. The monoisotopic (exact) mass is 310 g/mol. The Morgan fingerprint density at radius 3 is 3.04 bits per heavy atom. The zero-order valence-corrected chi connectivity index (χ0v) is 13.0. The number of aromatic nitrogens is 3. The van der Waals surface area contributed by atoms with Crippen molar-refractivity contribution in [3.05, 3.63) is 57.5 Å². The van der Waals surface area contributed by atoms with E-state index >= 15 is 0 Å². The fraction of sp³-hybridized carbons (Fsp3) is 0.412. The molecule has 1 fully saturated rings. The normalized spacial score (nSPS) is 22.6. The molecule has 118 valence electrons. The predicted molar refractivity (Wildman–Crippen MR) is 84.3 cm³/mol. The van der Waals surface area contributed by atoms with Crippen LogP contribution in [0.3, 0.4) is 0 Å². The van der Waals surface area contributed by atoms with Gasteiger partial charge >= 0.3 is 0 Å². The van der Waals surface area contributed by atoms with Crippen molar-refractivity contribution in [2.24, 2.45) is 5.92 Å². The van der Waals surface area contributed by atoms with E-state index in [-0.39, 0.29) is 17.4 Å². The van der Waals surface area contributed by atoms with E-state index in [1.165, 1.54) is 0 Å². The average molecular weight is 310 g/mol. The average Bonchev–Trinajstić information content (AvgIpc) is 2.99. The number of fused-ring (bicyclic) bond motifs is 3. The number of aromatic amines is 1. The Kier molecular flexibility index (Phi) is 3.25. The van der Waals surface area contributed by atoms with E-state index in [0.29, 0.717) is 23.9 Å². The Balaban J connectivity index is 1.65. The second-order valence-corrected chi connectivity index (χ2v) is 6.37. The highest BCUT2D eigenvalue weighted by Gasteiger charge is 2.41. The number of hydrogen-bond acceptors (Lipinski definition) is 4. The zero-order valence-electron chi connectivity index (χ0n) is 13.0. The lowest BCUT2D eigenvalue weighted by Gasteiger charge is -2.25. The van der Waals surface area contributed by atoms with Crippen LogP contribution in [0.4, 0.5) is 0 Å². The molecule has 2 aromatic rings.